The van der Waals surface area contributed by atoms with Crippen molar-refractivity contribution in [1.29, 1.82) is 0 Å². The number of hydrogen-bond donors (Lipinski definition) is 2. The molecule has 7 nitrogen and oxygen atoms in total. The van der Waals surface area contributed by atoms with E-state index in [1.807, 2.05) is 60.7 Å². The van der Waals surface area contributed by atoms with E-state index in [0.717, 1.165) is 43.2 Å². The largest absolute Gasteiger partial charge is 0.465 e. The lowest BCUT2D eigenvalue weighted by molar-refractivity contribution is 0.0283. The van der Waals surface area contributed by atoms with Gasteiger partial charge in [-0.25, -0.2) is 13.2 Å². The van der Waals surface area contributed by atoms with E-state index >= 15 is 0 Å². The minimum absolute atomic E-state index is 0.0829. The second kappa shape index (κ2) is 13.0. The number of sulfonamides is 1. The summed E-state index contributed by atoms with van der Waals surface area (Å²) in [5, 5.41) is 21.9. The van der Waals surface area contributed by atoms with Gasteiger partial charge in [0.2, 0.25) is 10.0 Å². The van der Waals surface area contributed by atoms with E-state index in [-0.39, 0.29) is 30.4 Å². The van der Waals surface area contributed by atoms with E-state index in [9.17, 15) is 23.4 Å². The van der Waals surface area contributed by atoms with Crippen molar-refractivity contribution in [3.05, 3.63) is 102 Å². The first kappa shape index (κ1) is 27.8. The third kappa shape index (κ3) is 7.01. The highest BCUT2D eigenvalue weighted by molar-refractivity contribution is 7.89. The van der Waals surface area contributed by atoms with Gasteiger partial charge in [0.25, 0.3) is 0 Å². The lowest BCUT2D eigenvalue weighted by Crippen LogP contribution is -2.54. The van der Waals surface area contributed by atoms with E-state index in [1.165, 1.54) is 9.21 Å². The number of hydrogen-bond acceptors (Lipinski definition) is 4. The Morgan fingerprint density at radius 1 is 0.816 bits per heavy atom. The summed E-state index contributed by atoms with van der Waals surface area (Å²) in [5.74, 6) is 0. The number of nitrogens with zero attached hydrogens (tertiary/aromatic N) is 2. The molecule has 4 rings (SSSR count). The van der Waals surface area contributed by atoms with Gasteiger partial charge >= 0.3 is 6.09 Å². The van der Waals surface area contributed by atoms with Crippen LogP contribution in [0.4, 0.5) is 4.79 Å². The van der Waals surface area contributed by atoms with Crippen LogP contribution in [0, 0.1) is 0 Å². The third-order valence-electron chi connectivity index (χ3n) is 7.27. The first-order chi connectivity index (χ1) is 18.4. The molecular weight excluding hydrogens is 500 g/mol. The number of carbonyl (C=O) groups is 1. The van der Waals surface area contributed by atoms with Crippen molar-refractivity contribution in [2.24, 2.45) is 0 Å². The molecule has 0 radical (unpaired) electrons. The summed E-state index contributed by atoms with van der Waals surface area (Å²) in [6, 6.07) is 25.8. The maximum absolute atomic E-state index is 13.8. The number of rotatable bonds is 11. The number of aliphatic hydroxyl groups excluding tert-OH is 1. The molecule has 1 aliphatic carbocycles. The van der Waals surface area contributed by atoms with Gasteiger partial charge in [-0.2, -0.15) is 4.31 Å². The summed E-state index contributed by atoms with van der Waals surface area (Å²) < 4.78 is 29.1. The quantitative estimate of drug-likeness (QED) is 0.353. The average molecular weight is 537 g/mol. The van der Waals surface area contributed by atoms with Crippen LogP contribution in [0.2, 0.25) is 0 Å². The summed E-state index contributed by atoms with van der Waals surface area (Å²) in [4.78, 5) is 13.9. The van der Waals surface area contributed by atoms with Crippen LogP contribution in [0.1, 0.15) is 43.2 Å². The Bertz CT molecular complexity index is 1250. The van der Waals surface area contributed by atoms with Gasteiger partial charge in [0.05, 0.1) is 17.0 Å². The molecule has 38 heavy (non-hydrogen) atoms. The summed E-state index contributed by atoms with van der Waals surface area (Å²) >= 11 is 0. The predicted molar refractivity (Wildman–Crippen MR) is 147 cm³/mol. The van der Waals surface area contributed by atoms with E-state index in [0.29, 0.717) is 0 Å². The minimum atomic E-state index is -3.90. The SMILES string of the molecule is O=C(O)N(Cc1ccccc1)[C@@H](Cc1ccccc1)[C@H](O)CN(C1CCCCC1)S(=O)(=O)c1ccccc1. The van der Waals surface area contributed by atoms with Crippen LogP contribution in [-0.4, -0.2) is 58.7 Å². The smallest absolute Gasteiger partial charge is 0.407 e. The Hall–Kier alpha value is -3.20. The standard InChI is InChI=1S/C30H36N2O5S/c33-29(23-32(26-17-9-3-10-18-26)38(36,37)27-19-11-4-12-20-27)28(21-24-13-5-1-6-14-24)31(30(34)35)22-25-15-7-2-8-16-25/h1-2,4-8,11-16,19-20,26,28-29,33H,3,9-10,17-18,21-23H2,(H,34,35)/t28-,29+/m0/s1. The van der Waals surface area contributed by atoms with Crippen molar-refractivity contribution in [2.45, 2.75) is 68.2 Å². The summed E-state index contributed by atoms with van der Waals surface area (Å²) in [6.45, 7) is -0.0996. The zero-order chi connectivity index (χ0) is 27.0. The van der Waals surface area contributed by atoms with E-state index in [4.69, 9.17) is 0 Å². The van der Waals surface area contributed by atoms with Gasteiger partial charge in [0.1, 0.15) is 0 Å². The third-order valence-corrected chi connectivity index (χ3v) is 9.20. The van der Waals surface area contributed by atoms with Crippen LogP contribution in [-0.2, 0) is 23.0 Å². The van der Waals surface area contributed by atoms with Gasteiger partial charge in [-0.1, -0.05) is 98.1 Å². The molecule has 1 aliphatic rings. The molecule has 0 aliphatic heterocycles. The molecule has 0 aromatic heterocycles. The van der Waals surface area contributed by atoms with Crippen LogP contribution in [0.25, 0.3) is 0 Å². The number of aliphatic hydroxyl groups is 1. The molecule has 3 aromatic rings. The fourth-order valence-corrected chi connectivity index (χ4v) is 6.99. The predicted octanol–water partition coefficient (Wildman–Crippen LogP) is 5.16. The zero-order valence-electron chi connectivity index (χ0n) is 21.5. The maximum Gasteiger partial charge on any atom is 0.407 e. The molecule has 1 fully saturated rings. The normalized spacial score (nSPS) is 16.2. The number of benzene rings is 3. The Balaban J connectivity index is 1.68. The Labute approximate surface area is 225 Å². The zero-order valence-corrected chi connectivity index (χ0v) is 22.3. The molecular formula is C30H36N2O5S. The molecule has 0 unspecified atom stereocenters. The van der Waals surface area contributed by atoms with Gasteiger partial charge in [0, 0.05) is 19.1 Å². The fourth-order valence-electron chi connectivity index (χ4n) is 5.26. The molecule has 0 heterocycles. The number of carboxylic acid groups (broad SMARTS) is 1. The summed E-state index contributed by atoms with van der Waals surface area (Å²) in [7, 11) is -3.90. The maximum atomic E-state index is 13.8. The van der Waals surface area contributed by atoms with Crippen LogP contribution in [0.5, 0.6) is 0 Å². The minimum Gasteiger partial charge on any atom is -0.465 e. The molecule has 0 bridgehead atoms. The molecule has 1 saturated carbocycles. The van der Waals surface area contributed by atoms with E-state index in [2.05, 4.69) is 0 Å². The van der Waals surface area contributed by atoms with Crippen molar-refractivity contribution < 1.29 is 23.4 Å². The lowest BCUT2D eigenvalue weighted by atomic mass is 9.94. The van der Waals surface area contributed by atoms with Gasteiger partial charge in [0.15, 0.2) is 0 Å². The van der Waals surface area contributed by atoms with Crippen LogP contribution < -0.4 is 0 Å². The Kier molecular flexibility index (Phi) is 9.55. The van der Waals surface area contributed by atoms with E-state index in [1.54, 1.807) is 30.3 Å². The topological polar surface area (TPSA) is 98.1 Å². The Morgan fingerprint density at radius 2 is 1.34 bits per heavy atom. The molecule has 0 saturated heterocycles. The Morgan fingerprint density at radius 3 is 1.89 bits per heavy atom. The van der Waals surface area contributed by atoms with Gasteiger partial charge in [-0.05, 0) is 42.5 Å². The van der Waals surface area contributed by atoms with Crippen molar-refractivity contribution in [3.63, 3.8) is 0 Å². The summed E-state index contributed by atoms with van der Waals surface area (Å²) in [6.07, 6.45) is 2.18. The summed E-state index contributed by atoms with van der Waals surface area (Å²) in [5.41, 5.74) is 1.66. The molecule has 202 valence electrons. The molecule has 8 heteroatoms. The molecule has 0 spiro atoms. The van der Waals surface area contributed by atoms with Gasteiger partial charge < -0.3 is 10.2 Å². The van der Waals surface area contributed by atoms with Crippen molar-refractivity contribution in [3.8, 4) is 0 Å². The molecule has 1 amide bonds. The van der Waals surface area contributed by atoms with Gasteiger partial charge in [-0.3, -0.25) is 4.90 Å². The van der Waals surface area contributed by atoms with Crippen molar-refractivity contribution in [1.82, 2.24) is 9.21 Å². The van der Waals surface area contributed by atoms with Crippen molar-refractivity contribution in [2.75, 3.05) is 6.54 Å². The molecule has 2 N–H and O–H groups in total. The highest BCUT2D eigenvalue weighted by Gasteiger charge is 2.38. The fraction of sp³-hybridized carbons (Fsp3) is 0.367. The van der Waals surface area contributed by atoms with Crippen LogP contribution >= 0.6 is 0 Å². The highest BCUT2D eigenvalue weighted by Crippen LogP contribution is 2.29. The molecule has 2 atom stereocenters. The first-order valence-electron chi connectivity index (χ1n) is 13.2. The van der Waals surface area contributed by atoms with E-state index < -0.39 is 28.3 Å². The second-order valence-corrected chi connectivity index (χ2v) is 11.8. The molecule has 3 aromatic carbocycles. The van der Waals surface area contributed by atoms with Crippen LogP contribution in [0.15, 0.2) is 95.9 Å². The van der Waals surface area contributed by atoms with Gasteiger partial charge in [-0.15, -0.1) is 0 Å². The number of amides is 1. The monoisotopic (exact) mass is 536 g/mol. The highest BCUT2D eigenvalue weighted by atomic mass is 32.2. The first-order valence-corrected chi connectivity index (χ1v) is 14.6. The lowest BCUT2D eigenvalue weighted by Gasteiger charge is -2.38. The average Bonchev–Trinajstić information content (AvgIpc) is 2.95. The van der Waals surface area contributed by atoms with Crippen LogP contribution in [0.3, 0.4) is 0 Å². The second-order valence-electron chi connectivity index (χ2n) is 9.90. The van der Waals surface area contributed by atoms with Crippen molar-refractivity contribution >= 4 is 16.1 Å².